The van der Waals surface area contributed by atoms with Crippen molar-refractivity contribution in [2.24, 2.45) is 0 Å². The number of alkyl halides is 3. The van der Waals surface area contributed by atoms with Crippen molar-refractivity contribution in [3.05, 3.63) is 30.0 Å². The van der Waals surface area contributed by atoms with E-state index in [1.807, 2.05) is 18.2 Å². The van der Waals surface area contributed by atoms with Crippen LogP contribution in [0.5, 0.6) is 0 Å². The topological polar surface area (TPSA) is 56.4 Å². The van der Waals surface area contributed by atoms with Crippen LogP contribution in [-0.4, -0.2) is 52.0 Å². The molecule has 23 heavy (non-hydrogen) atoms. The van der Waals surface area contributed by atoms with Crippen LogP contribution in [0.3, 0.4) is 0 Å². The standard InChI is InChI=1S/C15H14Cl3N3O2/c16-15(17,18)14(23)21-5-3-20(4-6-21)11-1-2-13-12(7-11)10(9-22)8-19-13/h1-2,7-9,19H,3-6H2. The Kier molecular flexibility index (Phi) is 4.45. The number of hydrogen-bond acceptors (Lipinski definition) is 3. The van der Waals surface area contributed by atoms with Gasteiger partial charge < -0.3 is 14.8 Å². The number of anilines is 1. The number of carbonyl (C=O) groups is 2. The summed E-state index contributed by atoms with van der Waals surface area (Å²) in [6, 6.07) is 5.90. The van der Waals surface area contributed by atoms with E-state index in [4.69, 9.17) is 34.8 Å². The molecule has 1 aliphatic rings. The molecule has 122 valence electrons. The Morgan fingerprint density at radius 2 is 1.87 bits per heavy atom. The molecule has 1 amide bonds. The van der Waals surface area contributed by atoms with Crippen molar-refractivity contribution in [3.63, 3.8) is 0 Å². The van der Waals surface area contributed by atoms with Crippen LogP contribution < -0.4 is 4.90 Å². The van der Waals surface area contributed by atoms with Gasteiger partial charge in [-0.25, -0.2) is 0 Å². The quantitative estimate of drug-likeness (QED) is 0.649. The minimum Gasteiger partial charge on any atom is -0.368 e. The predicted molar refractivity (Wildman–Crippen MR) is 92.8 cm³/mol. The van der Waals surface area contributed by atoms with Crippen LogP contribution in [0.15, 0.2) is 24.4 Å². The summed E-state index contributed by atoms with van der Waals surface area (Å²) in [5.41, 5.74) is 2.55. The second-order valence-corrected chi connectivity index (χ2v) is 7.65. The first-order valence-electron chi connectivity index (χ1n) is 7.07. The van der Waals surface area contributed by atoms with Crippen molar-refractivity contribution in [3.8, 4) is 0 Å². The number of hydrogen-bond donors (Lipinski definition) is 1. The molecule has 2 aromatic rings. The van der Waals surface area contributed by atoms with E-state index < -0.39 is 9.70 Å². The number of aromatic nitrogens is 1. The summed E-state index contributed by atoms with van der Waals surface area (Å²) in [6.45, 7) is 2.24. The summed E-state index contributed by atoms with van der Waals surface area (Å²) in [5.74, 6) is -0.494. The Labute approximate surface area is 148 Å². The zero-order valence-electron chi connectivity index (χ0n) is 12.1. The minimum atomic E-state index is -1.91. The number of aromatic amines is 1. The summed E-state index contributed by atoms with van der Waals surface area (Å²) < 4.78 is -1.91. The van der Waals surface area contributed by atoms with Crippen LogP contribution in [0, 0.1) is 0 Å². The van der Waals surface area contributed by atoms with Crippen LogP contribution in [0.2, 0.25) is 0 Å². The average Bonchev–Trinajstić information content (AvgIpc) is 2.95. The van der Waals surface area contributed by atoms with Gasteiger partial charge in [-0.15, -0.1) is 0 Å². The van der Waals surface area contributed by atoms with Crippen LogP contribution in [-0.2, 0) is 4.79 Å². The molecular formula is C15H14Cl3N3O2. The fraction of sp³-hybridized carbons (Fsp3) is 0.333. The molecule has 0 atom stereocenters. The monoisotopic (exact) mass is 373 g/mol. The number of nitrogens with one attached hydrogen (secondary N) is 1. The summed E-state index contributed by atoms with van der Waals surface area (Å²) in [4.78, 5) is 29.8. The number of rotatable bonds is 2. The Balaban J connectivity index is 1.75. The van der Waals surface area contributed by atoms with E-state index in [9.17, 15) is 9.59 Å². The molecule has 5 nitrogen and oxygen atoms in total. The van der Waals surface area contributed by atoms with E-state index in [1.54, 1.807) is 11.1 Å². The summed E-state index contributed by atoms with van der Waals surface area (Å²) in [6.07, 6.45) is 2.53. The molecule has 0 spiro atoms. The number of piperazine rings is 1. The van der Waals surface area contributed by atoms with Gasteiger partial charge in [-0.05, 0) is 18.2 Å². The molecule has 0 radical (unpaired) electrons. The van der Waals surface area contributed by atoms with Gasteiger partial charge in [0.15, 0.2) is 6.29 Å². The zero-order valence-corrected chi connectivity index (χ0v) is 14.3. The van der Waals surface area contributed by atoms with Crippen molar-refractivity contribution in [1.82, 2.24) is 9.88 Å². The van der Waals surface area contributed by atoms with Crippen LogP contribution in [0.4, 0.5) is 5.69 Å². The molecule has 2 heterocycles. The lowest BCUT2D eigenvalue weighted by Crippen LogP contribution is -2.51. The molecule has 1 aromatic carbocycles. The number of halogens is 3. The normalized spacial score (nSPS) is 16.0. The lowest BCUT2D eigenvalue weighted by Gasteiger charge is -2.37. The lowest BCUT2D eigenvalue weighted by molar-refractivity contribution is -0.130. The molecule has 8 heteroatoms. The highest BCUT2D eigenvalue weighted by atomic mass is 35.6. The third-order valence-corrected chi connectivity index (χ3v) is 4.48. The van der Waals surface area contributed by atoms with Crippen molar-refractivity contribution in [2.45, 2.75) is 3.79 Å². The van der Waals surface area contributed by atoms with Gasteiger partial charge in [-0.1, -0.05) is 34.8 Å². The fourth-order valence-corrected chi connectivity index (χ4v) is 3.13. The molecule has 1 aromatic heterocycles. The van der Waals surface area contributed by atoms with E-state index in [-0.39, 0.29) is 0 Å². The number of nitrogens with zero attached hydrogens (tertiary/aromatic N) is 2. The van der Waals surface area contributed by atoms with Gasteiger partial charge in [0.05, 0.1) is 0 Å². The maximum Gasteiger partial charge on any atom is 0.274 e. The first kappa shape index (κ1) is 16.4. The number of benzene rings is 1. The Morgan fingerprint density at radius 1 is 1.17 bits per heavy atom. The summed E-state index contributed by atoms with van der Waals surface area (Å²) >= 11 is 16.9. The number of H-pyrrole nitrogens is 1. The molecule has 0 saturated carbocycles. The molecular weight excluding hydrogens is 361 g/mol. The maximum atomic E-state index is 12.0. The molecule has 0 bridgehead atoms. The highest BCUT2D eigenvalue weighted by molar-refractivity contribution is 6.76. The third-order valence-electron chi connectivity index (χ3n) is 4.00. The molecule has 0 aliphatic carbocycles. The average molecular weight is 375 g/mol. The van der Waals surface area contributed by atoms with E-state index in [0.717, 1.165) is 22.9 Å². The van der Waals surface area contributed by atoms with E-state index >= 15 is 0 Å². The summed E-state index contributed by atoms with van der Waals surface area (Å²) in [5, 5.41) is 0.886. The SMILES string of the molecule is O=Cc1c[nH]c2ccc(N3CCN(C(=O)C(Cl)(Cl)Cl)CC3)cc12. The van der Waals surface area contributed by atoms with E-state index in [0.29, 0.717) is 31.7 Å². The van der Waals surface area contributed by atoms with Gasteiger partial charge in [-0.2, -0.15) is 0 Å². The highest BCUT2D eigenvalue weighted by Crippen LogP contribution is 2.30. The third kappa shape index (κ3) is 3.27. The molecule has 3 rings (SSSR count). The van der Waals surface area contributed by atoms with Gasteiger partial charge in [0, 0.05) is 54.5 Å². The largest absolute Gasteiger partial charge is 0.368 e. The lowest BCUT2D eigenvalue weighted by atomic mass is 10.1. The zero-order chi connectivity index (χ0) is 16.6. The molecule has 1 aliphatic heterocycles. The molecule has 1 fully saturated rings. The predicted octanol–water partition coefficient (Wildman–Crippen LogP) is 3.00. The Hall–Kier alpha value is -1.43. The van der Waals surface area contributed by atoms with Gasteiger partial charge in [-0.3, -0.25) is 9.59 Å². The van der Waals surface area contributed by atoms with Crippen LogP contribution >= 0.6 is 34.8 Å². The van der Waals surface area contributed by atoms with Crippen molar-refractivity contribution in [1.29, 1.82) is 0 Å². The number of carbonyl (C=O) groups excluding carboxylic acids is 2. The first-order valence-corrected chi connectivity index (χ1v) is 8.21. The maximum absolute atomic E-state index is 12.0. The molecule has 1 saturated heterocycles. The van der Waals surface area contributed by atoms with E-state index in [2.05, 4.69) is 9.88 Å². The van der Waals surface area contributed by atoms with Crippen molar-refractivity contribution < 1.29 is 9.59 Å². The van der Waals surface area contributed by atoms with Crippen LogP contribution in [0.25, 0.3) is 10.9 Å². The second kappa shape index (κ2) is 6.23. The van der Waals surface area contributed by atoms with Gasteiger partial charge in [0.2, 0.25) is 0 Å². The van der Waals surface area contributed by atoms with Crippen molar-refractivity contribution >= 4 is 63.6 Å². The van der Waals surface area contributed by atoms with Crippen LogP contribution in [0.1, 0.15) is 10.4 Å². The van der Waals surface area contributed by atoms with E-state index in [1.165, 1.54) is 0 Å². The number of amides is 1. The van der Waals surface area contributed by atoms with Gasteiger partial charge in [0.1, 0.15) is 0 Å². The molecule has 1 N–H and O–H groups in total. The smallest absolute Gasteiger partial charge is 0.274 e. The molecule has 0 unspecified atom stereocenters. The van der Waals surface area contributed by atoms with Crippen molar-refractivity contribution in [2.75, 3.05) is 31.1 Å². The Morgan fingerprint density at radius 3 is 2.48 bits per heavy atom. The van der Waals surface area contributed by atoms with Gasteiger partial charge >= 0.3 is 0 Å². The number of aldehydes is 1. The van der Waals surface area contributed by atoms with Gasteiger partial charge in [0.25, 0.3) is 9.70 Å². The summed E-state index contributed by atoms with van der Waals surface area (Å²) in [7, 11) is 0. The second-order valence-electron chi connectivity index (χ2n) is 5.37. The highest BCUT2D eigenvalue weighted by Gasteiger charge is 2.36. The minimum absolute atomic E-state index is 0.485. The fourth-order valence-electron chi connectivity index (χ4n) is 2.77. The first-order chi connectivity index (χ1) is 10.9. The number of fused-ring (bicyclic) bond motifs is 1. The Bertz CT molecular complexity index is 746.